The van der Waals surface area contributed by atoms with Gasteiger partial charge in [0, 0.05) is 23.5 Å². The molecule has 5 aromatic rings. The summed E-state index contributed by atoms with van der Waals surface area (Å²) in [4.78, 5) is 13.8. The number of fused-ring (bicyclic) bond motifs is 6. The van der Waals surface area contributed by atoms with Gasteiger partial charge in [0.1, 0.15) is 36.4 Å². The number of pyridine rings is 1. The number of thiazole rings is 2. The number of ether oxygens (including phenoxy) is 4. The minimum atomic E-state index is 0.328. The summed E-state index contributed by atoms with van der Waals surface area (Å²) in [6.45, 7) is 2.91. The van der Waals surface area contributed by atoms with Gasteiger partial charge in [-0.1, -0.05) is 24.3 Å². The summed E-state index contributed by atoms with van der Waals surface area (Å²) in [7, 11) is 0. The molecule has 1 aliphatic heterocycles. The van der Waals surface area contributed by atoms with Gasteiger partial charge in [-0.15, -0.1) is 22.7 Å². The summed E-state index contributed by atoms with van der Waals surface area (Å²) in [5, 5.41) is 9.18. The Labute approximate surface area is 240 Å². The van der Waals surface area contributed by atoms with Crippen LogP contribution in [0.3, 0.4) is 0 Å². The maximum Gasteiger partial charge on any atom is 0.162 e. The van der Waals surface area contributed by atoms with Gasteiger partial charge in [-0.05, 0) is 54.9 Å². The lowest BCUT2D eigenvalue weighted by molar-refractivity contribution is 0.246. The lowest BCUT2D eigenvalue weighted by atomic mass is 10.1. The van der Waals surface area contributed by atoms with Gasteiger partial charge in [0.15, 0.2) is 23.0 Å². The van der Waals surface area contributed by atoms with E-state index < -0.39 is 0 Å². The van der Waals surface area contributed by atoms with Crippen molar-refractivity contribution in [1.82, 2.24) is 20.3 Å². The first-order valence-corrected chi connectivity index (χ1v) is 14.7. The highest BCUT2D eigenvalue weighted by molar-refractivity contribution is 7.09. The minimum Gasteiger partial charge on any atom is -0.483 e. The Hall–Kier alpha value is -3.99. The predicted octanol–water partition coefficient (Wildman–Crippen LogP) is 5.96. The number of hydrogen-bond acceptors (Lipinski definition) is 10. The Kier molecular flexibility index (Phi) is 8.47. The van der Waals surface area contributed by atoms with E-state index >= 15 is 0 Å². The molecule has 0 atom stereocenters. The molecule has 0 unspecified atom stereocenters. The zero-order valence-electron chi connectivity index (χ0n) is 21.7. The second kappa shape index (κ2) is 12.9. The molecule has 0 saturated carbocycles. The Morgan fingerprint density at radius 1 is 0.675 bits per heavy atom. The molecular formula is C30H28N4O4S2. The van der Waals surface area contributed by atoms with E-state index in [1.54, 1.807) is 22.7 Å². The van der Waals surface area contributed by atoms with E-state index in [9.17, 15) is 0 Å². The quantitative estimate of drug-likeness (QED) is 0.258. The molecule has 2 aromatic carbocycles. The van der Waals surface area contributed by atoms with Crippen LogP contribution in [0.2, 0.25) is 0 Å². The van der Waals surface area contributed by atoms with E-state index in [-0.39, 0.29) is 0 Å². The first kappa shape index (κ1) is 26.2. The normalized spacial score (nSPS) is 13.3. The standard InChI is InChI=1S/C30H28N4O4S2/c1-2-7-26-25(6-1)37-17-29-33-23(19-39-29)15-35-27-9-8-21(10-12-31-14-22-5-3-4-11-32-22)13-28(27)36-16-24-20-40-30(34-24)18-38-26/h1-9,11,13,19-20,31H,10,12,14-18H2. The predicted molar refractivity (Wildman–Crippen MR) is 154 cm³/mol. The van der Waals surface area contributed by atoms with Gasteiger partial charge in [0.05, 0.1) is 17.1 Å². The van der Waals surface area contributed by atoms with Gasteiger partial charge in [-0.2, -0.15) is 0 Å². The number of nitrogens with one attached hydrogen (secondary N) is 1. The third-order valence-corrected chi connectivity index (χ3v) is 7.87. The van der Waals surface area contributed by atoms with Crippen LogP contribution in [0.1, 0.15) is 32.7 Å². The summed E-state index contributed by atoms with van der Waals surface area (Å²) in [6.07, 6.45) is 2.66. The molecule has 0 fully saturated rings. The fraction of sp³-hybridized carbons (Fsp3) is 0.233. The second-order valence-corrected chi connectivity index (χ2v) is 11.0. The number of para-hydroxylation sites is 2. The summed E-state index contributed by atoms with van der Waals surface area (Å²) >= 11 is 3.09. The summed E-state index contributed by atoms with van der Waals surface area (Å²) in [5.74, 6) is 2.70. The van der Waals surface area contributed by atoms with E-state index in [0.29, 0.717) is 49.4 Å². The van der Waals surface area contributed by atoms with Crippen LogP contribution in [0.25, 0.3) is 0 Å². The minimum absolute atomic E-state index is 0.328. The van der Waals surface area contributed by atoms with E-state index in [2.05, 4.69) is 21.4 Å². The molecule has 0 aliphatic carbocycles. The molecule has 10 heteroatoms. The molecule has 0 radical (unpaired) electrons. The summed E-state index contributed by atoms with van der Waals surface area (Å²) in [6, 6.07) is 19.7. The zero-order valence-corrected chi connectivity index (χ0v) is 23.4. The van der Waals surface area contributed by atoms with Crippen molar-refractivity contribution >= 4 is 22.7 Å². The Balaban J connectivity index is 1.17. The van der Waals surface area contributed by atoms with Crippen LogP contribution in [0.5, 0.6) is 23.0 Å². The van der Waals surface area contributed by atoms with Crippen molar-refractivity contribution in [2.75, 3.05) is 6.54 Å². The number of hydrogen-bond donors (Lipinski definition) is 1. The number of benzene rings is 2. The summed E-state index contributed by atoms with van der Waals surface area (Å²) < 4.78 is 24.5. The van der Waals surface area contributed by atoms with Crippen molar-refractivity contribution in [1.29, 1.82) is 0 Å². The van der Waals surface area contributed by atoms with E-state index in [0.717, 1.165) is 52.2 Å². The van der Waals surface area contributed by atoms with Gasteiger partial charge >= 0.3 is 0 Å². The second-order valence-electron chi connectivity index (χ2n) is 9.10. The first-order valence-electron chi connectivity index (χ1n) is 13.0. The molecular weight excluding hydrogens is 544 g/mol. The molecule has 6 rings (SSSR count). The van der Waals surface area contributed by atoms with Crippen molar-refractivity contribution in [2.45, 2.75) is 39.4 Å². The molecule has 1 aliphatic rings. The number of aromatic nitrogens is 3. The van der Waals surface area contributed by atoms with Gasteiger partial charge in [-0.25, -0.2) is 9.97 Å². The van der Waals surface area contributed by atoms with E-state index in [1.165, 1.54) is 0 Å². The lowest BCUT2D eigenvalue weighted by Crippen LogP contribution is -2.17. The third-order valence-electron chi connectivity index (χ3n) is 6.13. The van der Waals surface area contributed by atoms with Crippen LogP contribution < -0.4 is 24.3 Å². The smallest absolute Gasteiger partial charge is 0.162 e. The maximum absolute atomic E-state index is 6.25. The molecule has 1 N–H and O–H groups in total. The molecule has 0 spiro atoms. The molecule has 40 heavy (non-hydrogen) atoms. The van der Waals surface area contributed by atoms with Crippen molar-refractivity contribution in [3.05, 3.63) is 110 Å². The highest BCUT2D eigenvalue weighted by atomic mass is 32.1. The molecule has 4 heterocycles. The topological polar surface area (TPSA) is 87.6 Å². The summed E-state index contributed by atoms with van der Waals surface area (Å²) in [5.41, 5.74) is 3.85. The highest BCUT2D eigenvalue weighted by Crippen LogP contribution is 2.32. The SMILES string of the molecule is c1ccc(CNCCc2ccc3c(c2)OCc2csc(n2)COc2ccccc2OCc2nc(cs2)CO3)nc1. The number of nitrogens with zero attached hydrogens (tertiary/aromatic N) is 3. The van der Waals surface area contributed by atoms with Crippen LogP contribution in [0, 0.1) is 0 Å². The number of rotatable bonds is 5. The molecule has 8 nitrogen and oxygen atoms in total. The molecule has 4 bridgehead atoms. The molecule has 0 amide bonds. The first-order chi connectivity index (χ1) is 19.8. The van der Waals surface area contributed by atoms with Gasteiger partial charge < -0.3 is 24.3 Å². The van der Waals surface area contributed by atoms with Crippen LogP contribution in [0.15, 0.2) is 77.6 Å². The van der Waals surface area contributed by atoms with Crippen LogP contribution in [-0.2, 0) is 39.4 Å². The average molecular weight is 573 g/mol. The van der Waals surface area contributed by atoms with Gasteiger partial charge in [0.25, 0.3) is 0 Å². The van der Waals surface area contributed by atoms with Crippen LogP contribution >= 0.6 is 22.7 Å². The Morgan fingerprint density at radius 2 is 1.30 bits per heavy atom. The van der Waals surface area contributed by atoms with E-state index in [1.807, 2.05) is 71.6 Å². The van der Waals surface area contributed by atoms with Crippen LogP contribution in [0.4, 0.5) is 0 Å². The lowest BCUT2D eigenvalue weighted by Gasteiger charge is -2.14. The monoisotopic (exact) mass is 572 g/mol. The Morgan fingerprint density at radius 3 is 1.98 bits per heavy atom. The van der Waals surface area contributed by atoms with E-state index in [4.69, 9.17) is 23.9 Å². The maximum atomic E-state index is 6.25. The van der Waals surface area contributed by atoms with Crippen LogP contribution in [-0.4, -0.2) is 21.5 Å². The van der Waals surface area contributed by atoms with Crippen molar-refractivity contribution in [3.8, 4) is 23.0 Å². The average Bonchev–Trinajstić information content (AvgIpc) is 3.65. The van der Waals surface area contributed by atoms with Crippen molar-refractivity contribution < 1.29 is 18.9 Å². The highest BCUT2D eigenvalue weighted by Gasteiger charge is 2.13. The fourth-order valence-corrected chi connectivity index (χ4v) is 5.51. The third kappa shape index (κ3) is 6.95. The van der Waals surface area contributed by atoms with Gasteiger partial charge in [-0.3, -0.25) is 4.98 Å². The largest absolute Gasteiger partial charge is 0.483 e. The zero-order chi connectivity index (χ0) is 27.0. The van der Waals surface area contributed by atoms with Crippen molar-refractivity contribution in [2.24, 2.45) is 0 Å². The molecule has 3 aromatic heterocycles. The molecule has 0 saturated heterocycles. The Bertz CT molecular complexity index is 1540. The van der Waals surface area contributed by atoms with Gasteiger partial charge in [0.2, 0.25) is 0 Å². The fourth-order valence-electron chi connectivity index (χ4n) is 4.13. The molecule has 204 valence electrons. The van der Waals surface area contributed by atoms with Crippen molar-refractivity contribution in [3.63, 3.8) is 0 Å².